The van der Waals surface area contributed by atoms with Gasteiger partial charge in [-0.2, -0.15) is 0 Å². The molecule has 0 aliphatic rings. The van der Waals surface area contributed by atoms with Gasteiger partial charge in [-0.15, -0.1) is 0 Å². The van der Waals surface area contributed by atoms with Gasteiger partial charge in [0.15, 0.2) is 0 Å². The van der Waals surface area contributed by atoms with Gasteiger partial charge in [-0.3, -0.25) is 0 Å². The van der Waals surface area contributed by atoms with E-state index in [1.54, 1.807) is 0 Å². The van der Waals surface area contributed by atoms with E-state index >= 15 is 0 Å². The fourth-order valence-corrected chi connectivity index (χ4v) is 1.04. The van der Waals surface area contributed by atoms with Crippen LogP contribution in [0.2, 0.25) is 0 Å². The predicted octanol–water partition coefficient (Wildman–Crippen LogP) is -3.23. The number of rotatable bonds is 5. The Bertz CT molecular complexity index is 364. The summed E-state index contributed by atoms with van der Waals surface area (Å²) < 4.78 is 4.11. The SMILES string of the molecule is N#CC(C(=O)O)C(O)(CC(=O)[O][Ti])C(=O)O.O.O. The summed E-state index contributed by atoms with van der Waals surface area (Å²) in [7, 11) is 0. The fourth-order valence-electron chi connectivity index (χ4n) is 0.924. The second-order valence-electron chi connectivity index (χ2n) is 2.78. The summed E-state index contributed by atoms with van der Waals surface area (Å²) in [6, 6.07) is 1.11. The van der Waals surface area contributed by atoms with Gasteiger partial charge in [-0.1, -0.05) is 0 Å². The van der Waals surface area contributed by atoms with Crippen molar-refractivity contribution in [3.63, 3.8) is 0 Å². The Labute approximate surface area is 112 Å². The van der Waals surface area contributed by atoms with Crippen LogP contribution in [0.1, 0.15) is 6.42 Å². The normalized spacial score (nSPS) is 13.5. The molecule has 0 aromatic rings. The summed E-state index contributed by atoms with van der Waals surface area (Å²) in [5.41, 5.74) is -3.01. The van der Waals surface area contributed by atoms with Gasteiger partial charge in [0, 0.05) is 0 Å². The van der Waals surface area contributed by atoms with Crippen molar-refractivity contribution in [1.82, 2.24) is 0 Å². The van der Waals surface area contributed by atoms with E-state index in [-0.39, 0.29) is 11.0 Å². The zero-order valence-electron chi connectivity index (χ0n) is 8.71. The third-order valence-electron chi connectivity index (χ3n) is 1.75. The average Bonchev–Trinajstić information content (AvgIpc) is 2.17. The van der Waals surface area contributed by atoms with Crippen LogP contribution < -0.4 is 0 Å². The molecular formula is C7H10NO9Ti. The number of carboxylic acid groups (broad SMARTS) is 2. The molecule has 18 heavy (non-hydrogen) atoms. The van der Waals surface area contributed by atoms with Gasteiger partial charge in [0.05, 0.1) is 0 Å². The Kier molecular flexibility index (Phi) is 10.3. The van der Waals surface area contributed by atoms with E-state index in [1.165, 1.54) is 0 Å². The van der Waals surface area contributed by atoms with E-state index in [2.05, 4.69) is 3.32 Å². The van der Waals surface area contributed by atoms with Crippen LogP contribution in [0.4, 0.5) is 0 Å². The molecule has 0 aliphatic carbocycles. The molecule has 0 aromatic carbocycles. The Morgan fingerprint density at radius 2 is 1.78 bits per heavy atom. The third-order valence-corrected chi connectivity index (χ3v) is 2.11. The molecule has 10 nitrogen and oxygen atoms in total. The number of nitriles is 1. The molecule has 0 aliphatic heterocycles. The van der Waals surface area contributed by atoms with Gasteiger partial charge >= 0.3 is 101 Å². The van der Waals surface area contributed by atoms with Gasteiger partial charge < -0.3 is 11.0 Å². The molecular weight excluding hydrogens is 290 g/mol. The average molecular weight is 300 g/mol. The molecule has 2 unspecified atom stereocenters. The standard InChI is InChI=1S/C7H7NO7.2H2O.Ti/c8-2-3(5(11)12)7(15,6(13)14)1-4(9)10;;;/h3,15H,1H2,(H,9,10)(H,11,12)(H,13,14);2*1H2;/q;;;+1/p-1. The molecule has 7 N–H and O–H groups in total. The van der Waals surface area contributed by atoms with E-state index in [0.717, 1.165) is 26.9 Å². The maximum absolute atomic E-state index is 10.8. The molecule has 0 radical (unpaired) electrons. The largest absolute Gasteiger partial charge is 0.412 e. The number of aliphatic carboxylic acids is 2. The number of carbonyl (C=O) groups excluding carboxylic acids is 1. The van der Waals surface area contributed by atoms with Gasteiger partial charge in [-0.25, -0.2) is 0 Å². The molecule has 0 saturated heterocycles. The number of carboxylic acids is 2. The van der Waals surface area contributed by atoms with Crippen molar-refractivity contribution in [3.05, 3.63) is 0 Å². The molecule has 0 rings (SSSR count). The van der Waals surface area contributed by atoms with Gasteiger partial charge in [0.1, 0.15) is 0 Å². The Morgan fingerprint density at radius 1 is 1.33 bits per heavy atom. The summed E-state index contributed by atoms with van der Waals surface area (Å²) in [5, 5.41) is 35.2. The third kappa shape index (κ3) is 4.78. The zero-order valence-corrected chi connectivity index (χ0v) is 10.3. The van der Waals surface area contributed by atoms with E-state index in [0.29, 0.717) is 0 Å². The number of nitrogens with zero attached hydrogens (tertiary/aromatic N) is 1. The maximum atomic E-state index is 10.8. The second kappa shape index (κ2) is 8.57. The van der Waals surface area contributed by atoms with Gasteiger partial charge in [-0.05, 0) is 0 Å². The molecule has 0 spiro atoms. The topological polar surface area (TPSA) is 208 Å². The van der Waals surface area contributed by atoms with Gasteiger partial charge in [0.2, 0.25) is 0 Å². The van der Waals surface area contributed by atoms with E-state index in [9.17, 15) is 19.5 Å². The second-order valence-corrected chi connectivity index (χ2v) is 3.10. The van der Waals surface area contributed by atoms with Crippen molar-refractivity contribution in [2.45, 2.75) is 12.0 Å². The quantitative estimate of drug-likeness (QED) is 0.438. The van der Waals surface area contributed by atoms with Crippen LogP contribution in [0.3, 0.4) is 0 Å². The molecule has 2 atom stereocenters. The van der Waals surface area contributed by atoms with E-state index < -0.39 is 35.8 Å². The molecule has 0 heterocycles. The zero-order chi connectivity index (χ0) is 12.9. The number of hydrogen-bond acceptors (Lipinski definition) is 6. The Hall–Kier alpha value is -1.51. The minimum absolute atomic E-state index is 0. The van der Waals surface area contributed by atoms with Crippen LogP contribution >= 0.6 is 0 Å². The first-order valence-corrected chi connectivity index (χ1v) is 4.38. The molecule has 0 bridgehead atoms. The molecule has 101 valence electrons. The maximum Gasteiger partial charge on any atom is -0.412 e. The van der Waals surface area contributed by atoms with Crippen LogP contribution in [-0.4, -0.2) is 49.8 Å². The summed E-state index contributed by atoms with van der Waals surface area (Å²) >= 11 is 0.937. The van der Waals surface area contributed by atoms with Crippen molar-refractivity contribution in [1.29, 1.82) is 5.26 Å². The van der Waals surface area contributed by atoms with E-state index in [1.807, 2.05) is 0 Å². The first-order chi connectivity index (χ1) is 7.29. The molecule has 0 aromatic heterocycles. The summed E-state index contributed by atoms with van der Waals surface area (Å²) in [6.07, 6.45) is -1.12. The number of carbonyl (C=O) groups is 3. The smallest absolute Gasteiger partial charge is 0.412 e. The van der Waals surface area contributed by atoms with Crippen LogP contribution in [0.15, 0.2) is 0 Å². The van der Waals surface area contributed by atoms with Crippen molar-refractivity contribution < 1.29 is 64.8 Å². The predicted molar refractivity (Wildman–Crippen MR) is 47.3 cm³/mol. The monoisotopic (exact) mass is 300 g/mol. The van der Waals surface area contributed by atoms with Crippen LogP contribution in [0, 0.1) is 17.2 Å². The first kappa shape index (κ1) is 21.7. The summed E-state index contributed by atoms with van der Waals surface area (Å²) in [6.45, 7) is 0. The van der Waals surface area contributed by atoms with Crippen LogP contribution in [-0.2, 0) is 38.5 Å². The summed E-state index contributed by atoms with van der Waals surface area (Å²) in [5.74, 6) is -7.21. The Balaban J connectivity index is -0.00000112. The summed E-state index contributed by atoms with van der Waals surface area (Å²) in [4.78, 5) is 32.1. The van der Waals surface area contributed by atoms with Crippen molar-refractivity contribution in [2.75, 3.05) is 0 Å². The Morgan fingerprint density at radius 3 is 2.00 bits per heavy atom. The minimum atomic E-state index is -3.01. The number of hydrogen-bond donors (Lipinski definition) is 3. The van der Waals surface area contributed by atoms with Crippen LogP contribution in [0.5, 0.6) is 0 Å². The van der Waals surface area contributed by atoms with Crippen LogP contribution in [0.25, 0.3) is 0 Å². The number of aliphatic hydroxyl groups is 1. The molecule has 0 fully saturated rings. The fraction of sp³-hybridized carbons (Fsp3) is 0.429. The molecule has 0 amide bonds. The van der Waals surface area contributed by atoms with E-state index in [4.69, 9.17) is 15.5 Å². The molecule has 11 heteroatoms. The molecule has 0 saturated carbocycles. The first-order valence-electron chi connectivity index (χ1n) is 3.74. The van der Waals surface area contributed by atoms with Crippen molar-refractivity contribution in [3.8, 4) is 6.07 Å². The van der Waals surface area contributed by atoms with Crippen molar-refractivity contribution in [2.24, 2.45) is 5.92 Å². The minimum Gasteiger partial charge on any atom is -0.412 e. The van der Waals surface area contributed by atoms with Gasteiger partial charge in [0.25, 0.3) is 0 Å². The van der Waals surface area contributed by atoms with Crippen molar-refractivity contribution >= 4 is 17.9 Å².